The molecule has 0 saturated carbocycles. The number of anilines is 1. The van der Waals surface area contributed by atoms with Crippen LogP contribution in [-0.2, 0) is 14.3 Å². The summed E-state index contributed by atoms with van der Waals surface area (Å²) >= 11 is 3.43. The van der Waals surface area contributed by atoms with Crippen LogP contribution >= 0.6 is 15.9 Å². The standard InChI is InChI=1S/C22H20BrNO4/c1-13-5-8-17(9-6-13)24-14(2)20(22(26)28-4)18(21(24)25)12-15-11-16(23)7-10-19(15)27-3/h5-12H,1-4H3/b18-12-. The fourth-order valence-corrected chi connectivity index (χ4v) is 3.54. The van der Waals surface area contributed by atoms with Crippen molar-refractivity contribution in [1.29, 1.82) is 0 Å². The monoisotopic (exact) mass is 441 g/mol. The van der Waals surface area contributed by atoms with Crippen molar-refractivity contribution in [2.75, 3.05) is 19.1 Å². The van der Waals surface area contributed by atoms with Gasteiger partial charge >= 0.3 is 5.97 Å². The fraction of sp³-hybridized carbons (Fsp3) is 0.182. The zero-order valence-electron chi connectivity index (χ0n) is 16.1. The Morgan fingerprint density at radius 3 is 2.36 bits per heavy atom. The molecule has 2 aromatic carbocycles. The molecular weight excluding hydrogens is 422 g/mol. The van der Waals surface area contributed by atoms with Gasteiger partial charge in [0.25, 0.3) is 5.91 Å². The second-order valence-corrected chi connectivity index (χ2v) is 7.29. The van der Waals surface area contributed by atoms with E-state index >= 15 is 0 Å². The number of carbonyl (C=O) groups excluding carboxylic acids is 2. The summed E-state index contributed by atoms with van der Waals surface area (Å²) in [5.74, 6) is -0.247. The van der Waals surface area contributed by atoms with Crippen LogP contribution in [0.1, 0.15) is 18.1 Å². The number of esters is 1. The lowest BCUT2D eigenvalue weighted by molar-refractivity contribution is -0.136. The summed E-state index contributed by atoms with van der Waals surface area (Å²) < 4.78 is 11.2. The van der Waals surface area contributed by atoms with Crippen molar-refractivity contribution < 1.29 is 19.1 Å². The van der Waals surface area contributed by atoms with Crippen molar-refractivity contribution >= 4 is 39.6 Å². The molecule has 1 amide bonds. The van der Waals surface area contributed by atoms with Gasteiger partial charge in [-0.05, 0) is 50.3 Å². The lowest BCUT2D eigenvalue weighted by Gasteiger charge is -2.18. The summed E-state index contributed by atoms with van der Waals surface area (Å²) in [5.41, 5.74) is 3.50. The second kappa shape index (κ2) is 8.02. The van der Waals surface area contributed by atoms with E-state index in [2.05, 4.69) is 15.9 Å². The summed E-state index contributed by atoms with van der Waals surface area (Å²) in [4.78, 5) is 27.3. The van der Waals surface area contributed by atoms with Gasteiger partial charge in [0.2, 0.25) is 0 Å². The highest BCUT2D eigenvalue weighted by molar-refractivity contribution is 9.10. The predicted molar refractivity (Wildman–Crippen MR) is 112 cm³/mol. The van der Waals surface area contributed by atoms with Crippen LogP contribution < -0.4 is 9.64 Å². The molecule has 0 spiro atoms. The molecule has 0 bridgehead atoms. The van der Waals surface area contributed by atoms with Gasteiger partial charge in [-0.25, -0.2) is 4.79 Å². The van der Waals surface area contributed by atoms with Crippen molar-refractivity contribution in [3.63, 3.8) is 0 Å². The Morgan fingerprint density at radius 1 is 1.07 bits per heavy atom. The molecule has 1 heterocycles. The van der Waals surface area contributed by atoms with Gasteiger partial charge < -0.3 is 9.47 Å². The van der Waals surface area contributed by atoms with Gasteiger partial charge in [-0.15, -0.1) is 0 Å². The molecule has 0 N–H and O–H groups in total. The van der Waals surface area contributed by atoms with Crippen molar-refractivity contribution in [1.82, 2.24) is 0 Å². The number of halogens is 1. The Hall–Kier alpha value is -2.86. The highest BCUT2D eigenvalue weighted by Gasteiger charge is 2.38. The first-order valence-corrected chi connectivity index (χ1v) is 9.42. The van der Waals surface area contributed by atoms with Gasteiger partial charge in [-0.1, -0.05) is 33.6 Å². The molecule has 2 aromatic rings. The van der Waals surface area contributed by atoms with E-state index in [1.54, 1.807) is 26.2 Å². The highest BCUT2D eigenvalue weighted by Crippen LogP contribution is 2.37. The van der Waals surface area contributed by atoms with Crippen LogP contribution in [0.4, 0.5) is 5.69 Å². The van der Waals surface area contributed by atoms with Crippen LogP contribution in [0.2, 0.25) is 0 Å². The molecule has 0 aliphatic carbocycles. The van der Waals surface area contributed by atoms with Crippen molar-refractivity contribution in [2.24, 2.45) is 0 Å². The number of benzene rings is 2. The molecule has 28 heavy (non-hydrogen) atoms. The molecule has 0 aromatic heterocycles. The van der Waals surface area contributed by atoms with Crippen molar-refractivity contribution in [3.05, 3.63) is 74.9 Å². The molecule has 3 rings (SSSR count). The highest BCUT2D eigenvalue weighted by atomic mass is 79.9. The average Bonchev–Trinajstić information content (AvgIpc) is 2.92. The third-order valence-corrected chi connectivity index (χ3v) is 5.07. The fourth-order valence-electron chi connectivity index (χ4n) is 3.16. The first-order valence-electron chi connectivity index (χ1n) is 8.63. The maximum Gasteiger partial charge on any atom is 0.340 e. The Morgan fingerprint density at radius 2 is 1.75 bits per heavy atom. The minimum atomic E-state index is -0.555. The number of ether oxygens (including phenoxy) is 2. The second-order valence-electron chi connectivity index (χ2n) is 6.37. The molecule has 1 aliphatic heterocycles. The molecule has 1 aliphatic rings. The molecule has 5 nitrogen and oxygen atoms in total. The number of hydrogen-bond donors (Lipinski definition) is 0. The van der Waals surface area contributed by atoms with Crippen LogP contribution in [0, 0.1) is 6.92 Å². The van der Waals surface area contributed by atoms with Crippen molar-refractivity contribution in [2.45, 2.75) is 13.8 Å². The number of allylic oxidation sites excluding steroid dienone is 1. The molecule has 144 valence electrons. The Labute approximate surface area is 172 Å². The largest absolute Gasteiger partial charge is 0.496 e. The third-order valence-electron chi connectivity index (χ3n) is 4.57. The molecule has 0 radical (unpaired) electrons. The van der Waals surface area contributed by atoms with Gasteiger partial charge in [0.15, 0.2) is 0 Å². The number of nitrogens with zero attached hydrogens (tertiary/aromatic N) is 1. The van der Waals surface area contributed by atoms with Gasteiger partial charge in [-0.3, -0.25) is 9.69 Å². The summed E-state index contributed by atoms with van der Waals surface area (Å²) in [6.45, 7) is 3.71. The van der Waals surface area contributed by atoms with Crippen LogP contribution in [0.3, 0.4) is 0 Å². The summed E-state index contributed by atoms with van der Waals surface area (Å²) in [6.07, 6.45) is 1.66. The number of rotatable bonds is 4. The summed E-state index contributed by atoms with van der Waals surface area (Å²) in [7, 11) is 2.86. The van der Waals surface area contributed by atoms with E-state index < -0.39 is 5.97 Å². The minimum absolute atomic E-state index is 0.245. The first kappa shape index (κ1) is 19.9. The number of carbonyl (C=O) groups is 2. The zero-order valence-corrected chi connectivity index (χ0v) is 17.7. The van der Waals surface area contributed by atoms with Crippen LogP contribution in [0.15, 0.2) is 63.8 Å². The first-order chi connectivity index (χ1) is 13.4. The van der Waals surface area contributed by atoms with E-state index in [0.717, 1.165) is 10.0 Å². The van der Waals surface area contributed by atoms with Crippen LogP contribution in [0.5, 0.6) is 5.75 Å². The Bertz CT molecular complexity index is 1010. The van der Waals surface area contributed by atoms with E-state index in [-0.39, 0.29) is 17.1 Å². The zero-order chi connectivity index (χ0) is 20.4. The van der Waals surface area contributed by atoms with Crippen LogP contribution in [-0.4, -0.2) is 26.1 Å². The molecule has 0 saturated heterocycles. The summed E-state index contributed by atoms with van der Waals surface area (Å²) in [5, 5.41) is 0. The predicted octanol–water partition coefficient (Wildman–Crippen LogP) is 4.64. The van der Waals surface area contributed by atoms with E-state index in [1.165, 1.54) is 12.0 Å². The number of aryl methyl sites for hydroxylation is 1. The minimum Gasteiger partial charge on any atom is -0.496 e. The normalized spacial score (nSPS) is 15.4. The maximum atomic E-state index is 13.3. The SMILES string of the molecule is COC(=O)C1=C(C)N(c2ccc(C)cc2)C(=O)/C1=C\c1cc(Br)ccc1OC. The van der Waals surface area contributed by atoms with Crippen LogP contribution in [0.25, 0.3) is 6.08 Å². The average molecular weight is 442 g/mol. The molecule has 0 unspecified atom stereocenters. The number of methoxy groups -OCH3 is 2. The quantitative estimate of drug-likeness (QED) is 0.511. The Balaban J connectivity index is 2.18. The molecule has 0 atom stereocenters. The van der Waals surface area contributed by atoms with Gasteiger partial charge in [0, 0.05) is 21.4 Å². The van der Waals surface area contributed by atoms with E-state index in [4.69, 9.17) is 9.47 Å². The van der Waals surface area contributed by atoms with E-state index in [0.29, 0.717) is 22.7 Å². The van der Waals surface area contributed by atoms with Gasteiger partial charge in [0.1, 0.15) is 5.75 Å². The van der Waals surface area contributed by atoms with E-state index in [9.17, 15) is 9.59 Å². The van der Waals surface area contributed by atoms with E-state index in [1.807, 2.05) is 43.3 Å². The number of amides is 1. The lowest BCUT2D eigenvalue weighted by Crippen LogP contribution is -2.24. The number of hydrogen-bond acceptors (Lipinski definition) is 4. The van der Waals surface area contributed by atoms with Gasteiger partial charge in [0.05, 0.1) is 25.4 Å². The molecule has 6 heteroatoms. The smallest absolute Gasteiger partial charge is 0.340 e. The van der Waals surface area contributed by atoms with Crippen molar-refractivity contribution in [3.8, 4) is 5.75 Å². The molecular formula is C22H20BrNO4. The summed E-state index contributed by atoms with van der Waals surface area (Å²) in [6, 6.07) is 13.0. The lowest BCUT2D eigenvalue weighted by atomic mass is 10.0. The Kier molecular flexibility index (Phi) is 5.70. The van der Waals surface area contributed by atoms with Gasteiger partial charge in [-0.2, -0.15) is 0 Å². The maximum absolute atomic E-state index is 13.3. The topological polar surface area (TPSA) is 55.8 Å². The molecule has 0 fully saturated rings. The third kappa shape index (κ3) is 3.60.